The quantitative estimate of drug-likeness (QED) is 0.489. The number of carbonyl (C=O) groups excluding carboxylic acids is 1. The number of carbonyl (C=O) groups is 2. The number of hydrogen-bond acceptors (Lipinski definition) is 6. The van der Waals surface area contributed by atoms with E-state index in [0.29, 0.717) is 36.8 Å². The lowest BCUT2D eigenvalue weighted by molar-refractivity contribution is -0.122. The maximum atomic E-state index is 12.9. The summed E-state index contributed by atoms with van der Waals surface area (Å²) in [6.07, 6.45) is 1.70. The lowest BCUT2D eigenvalue weighted by atomic mass is 10.2. The van der Waals surface area contributed by atoms with Crippen LogP contribution in [0.1, 0.15) is 22.8 Å². The third-order valence-corrected chi connectivity index (χ3v) is 7.39. The summed E-state index contributed by atoms with van der Waals surface area (Å²) in [5, 5.41) is 19.6. The first-order valence-electron chi connectivity index (χ1n) is 8.65. The van der Waals surface area contributed by atoms with E-state index in [-0.39, 0.29) is 23.0 Å². The number of hydrogen-bond donors (Lipinski definition) is 2. The molecule has 7 nitrogen and oxygen atoms in total. The van der Waals surface area contributed by atoms with Gasteiger partial charge in [-0.05, 0) is 92.5 Å². The van der Waals surface area contributed by atoms with Gasteiger partial charge in [-0.1, -0.05) is 0 Å². The molecule has 0 bridgehead atoms. The third kappa shape index (κ3) is 4.40. The normalized spacial score (nSPS) is 16.5. The molecule has 2 aromatic carbocycles. The van der Waals surface area contributed by atoms with E-state index in [4.69, 9.17) is 9.84 Å². The van der Waals surface area contributed by atoms with Gasteiger partial charge in [-0.2, -0.15) is 0 Å². The Morgan fingerprint density at radius 3 is 2.50 bits per heavy atom. The molecule has 0 atom stereocenters. The molecule has 2 N–H and O–H groups in total. The number of aromatic carboxylic acids is 1. The number of halogens is 2. The van der Waals surface area contributed by atoms with Crippen molar-refractivity contribution < 1.29 is 24.5 Å². The number of carboxylic acid groups (broad SMARTS) is 1. The zero-order valence-corrected chi connectivity index (χ0v) is 19.8. The minimum absolute atomic E-state index is 0.0424. The van der Waals surface area contributed by atoms with Gasteiger partial charge in [0.25, 0.3) is 5.91 Å². The molecule has 30 heavy (non-hydrogen) atoms. The topological polar surface area (TPSA) is 99.4 Å². The van der Waals surface area contributed by atoms with Crippen LogP contribution in [0.15, 0.2) is 49.2 Å². The van der Waals surface area contributed by atoms with Gasteiger partial charge in [0.2, 0.25) is 0 Å². The van der Waals surface area contributed by atoms with Gasteiger partial charge in [-0.25, -0.2) is 9.79 Å². The maximum absolute atomic E-state index is 12.9. The Morgan fingerprint density at radius 2 is 1.93 bits per heavy atom. The molecular weight excluding hydrogens is 540 g/mol. The molecular formula is C20H16Br2N2O5S. The van der Waals surface area contributed by atoms with Crippen molar-refractivity contribution in [2.24, 2.45) is 4.99 Å². The first-order chi connectivity index (χ1) is 14.3. The average Bonchev–Trinajstić information content (AvgIpc) is 3.02. The summed E-state index contributed by atoms with van der Waals surface area (Å²) in [6.45, 7) is 2.28. The van der Waals surface area contributed by atoms with Gasteiger partial charge in [0.15, 0.2) is 16.7 Å². The van der Waals surface area contributed by atoms with E-state index in [1.807, 2.05) is 6.92 Å². The van der Waals surface area contributed by atoms with Gasteiger partial charge in [-0.15, -0.1) is 0 Å². The van der Waals surface area contributed by atoms with Crippen molar-refractivity contribution in [1.29, 1.82) is 0 Å². The Balaban J connectivity index is 1.98. The lowest BCUT2D eigenvalue weighted by Crippen LogP contribution is -2.28. The number of carboxylic acids is 1. The number of aromatic hydroxyl groups is 1. The molecule has 0 saturated carbocycles. The minimum Gasteiger partial charge on any atom is -0.503 e. The predicted molar refractivity (Wildman–Crippen MR) is 124 cm³/mol. The summed E-state index contributed by atoms with van der Waals surface area (Å²) in [5.74, 6) is -0.981. The molecule has 0 aliphatic carbocycles. The van der Waals surface area contributed by atoms with Crippen molar-refractivity contribution in [3.63, 3.8) is 0 Å². The molecule has 0 unspecified atom stereocenters. The molecule has 0 aromatic heterocycles. The van der Waals surface area contributed by atoms with E-state index in [1.54, 1.807) is 29.2 Å². The van der Waals surface area contributed by atoms with E-state index in [2.05, 4.69) is 36.9 Å². The second-order valence-corrected chi connectivity index (χ2v) is 8.65. The van der Waals surface area contributed by atoms with Crippen LogP contribution in [0, 0.1) is 0 Å². The van der Waals surface area contributed by atoms with Crippen LogP contribution < -0.4 is 4.74 Å². The largest absolute Gasteiger partial charge is 0.503 e. The molecule has 1 aliphatic rings. The summed E-state index contributed by atoms with van der Waals surface area (Å²) in [5.41, 5.74) is 1.36. The monoisotopic (exact) mass is 554 g/mol. The summed E-state index contributed by atoms with van der Waals surface area (Å²) < 4.78 is 6.19. The number of phenols is 1. The highest BCUT2D eigenvalue weighted by Gasteiger charge is 2.32. The number of thioether (sulfide) groups is 1. The first kappa shape index (κ1) is 22.4. The van der Waals surface area contributed by atoms with Gasteiger partial charge in [0, 0.05) is 11.0 Å². The zero-order valence-electron chi connectivity index (χ0n) is 15.8. The third-order valence-electron chi connectivity index (χ3n) is 4.22. The van der Waals surface area contributed by atoms with Gasteiger partial charge in [0.05, 0.1) is 27.7 Å². The Kier molecular flexibility index (Phi) is 6.89. The molecule has 1 heterocycles. The Morgan fingerprint density at radius 1 is 1.27 bits per heavy atom. The van der Waals surface area contributed by atoms with E-state index >= 15 is 0 Å². The van der Waals surface area contributed by atoms with Gasteiger partial charge in [-0.3, -0.25) is 9.69 Å². The van der Waals surface area contributed by atoms with Crippen LogP contribution in [0.2, 0.25) is 0 Å². The van der Waals surface area contributed by atoms with E-state index < -0.39 is 5.97 Å². The van der Waals surface area contributed by atoms with E-state index in [9.17, 15) is 14.7 Å². The summed E-state index contributed by atoms with van der Waals surface area (Å²) >= 11 is 7.95. The summed E-state index contributed by atoms with van der Waals surface area (Å²) in [6, 6.07) is 7.74. The molecule has 1 saturated heterocycles. The molecule has 156 valence electrons. The van der Waals surface area contributed by atoms with Crippen LogP contribution in [-0.2, 0) is 4.79 Å². The minimum atomic E-state index is -1.01. The Bertz CT molecular complexity index is 1080. The summed E-state index contributed by atoms with van der Waals surface area (Å²) in [4.78, 5) is 30.4. The highest BCUT2D eigenvalue weighted by atomic mass is 79.9. The number of amides is 1. The molecule has 0 spiro atoms. The van der Waals surface area contributed by atoms with E-state index in [0.717, 1.165) is 0 Å². The number of rotatable bonds is 5. The molecule has 3 rings (SSSR count). The smallest absolute Gasteiger partial charge is 0.335 e. The molecule has 1 amide bonds. The van der Waals surface area contributed by atoms with Crippen molar-refractivity contribution in [2.75, 3.05) is 13.7 Å². The number of nitrogens with zero attached hydrogens (tertiary/aromatic N) is 2. The average molecular weight is 556 g/mol. The second kappa shape index (κ2) is 9.23. The van der Waals surface area contributed by atoms with Crippen LogP contribution in [0.3, 0.4) is 0 Å². The number of benzene rings is 2. The number of likely N-dealkylation sites (N-methyl/N-ethyl adjacent to an activating group) is 1. The highest BCUT2D eigenvalue weighted by Crippen LogP contribution is 2.43. The van der Waals surface area contributed by atoms with Crippen molar-refractivity contribution in [3.8, 4) is 11.5 Å². The zero-order chi connectivity index (χ0) is 22.0. The fourth-order valence-corrected chi connectivity index (χ4v) is 4.57. The number of methoxy groups -OCH3 is 1. The molecule has 1 aliphatic heterocycles. The van der Waals surface area contributed by atoms with Crippen molar-refractivity contribution in [3.05, 3.63) is 55.3 Å². The fourth-order valence-electron chi connectivity index (χ4n) is 2.67. The van der Waals surface area contributed by atoms with Crippen molar-refractivity contribution in [1.82, 2.24) is 4.90 Å². The maximum Gasteiger partial charge on any atom is 0.335 e. The number of ether oxygens (including phenoxy) is 1. The second-order valence-electron chi connectivity index (χ2n) is 6.05. The number of phenolic OH excluding ortho intramolecular Hbond substituents is 1. The van der Waals surface area contributed by atoms with Crippen molar-refractivity contribution >= 4 is 72.4 Å². The van der Waals surface area contributed by atoms with Gasteiger partial charge < -0.3 is 14.9 Å². The van der Waals surface area contributed by atoms with E-state index in [1.165, 1.54) is 31.0 Å². The van der Waals surface area contributed by atoms with Crippen LogP contribution >= 0.6 is 43.6 Å². The predicted octanol–water partition coefficient (Wildman–Crippen LogP) is 5.25. The summed E-state index contributed by atoms with van der Waals surface area (Å²) in [7, 11) is 1.45. The van der Waals surface area contributed by atoms with Crippen LogP contribution in [0.4, 0.5) is 5.69 Å². The highest BCUT2D eigenvalue weighted by molar-refractivity contribution is 9.13. The number of aliphatic imine (C=N–C) groups is 1. The van der Waals surface area contributed by atoms with Crippen molar-refractivity contribution in [2.45, 2.75) is 6.92 Å². The first-order valence-corrected chi connectivity index (χ1v) is 11.1. The van der Waals surface area contributed by atoms with Gasteiger partial charge >= 0.3 is 5.97 Å². The fraction of sp³-hybridized carbons (Fsp3) is 0.150. The SMILES string of the molecule is CCN1C(=O)/C(=C/c2cc(OC)c(O)c(Br)c2Br)SC1=Nc1ccc(C(=O)O)cc1. The van der Waals surface area contributed by atoms with Gasteiger partial charge in [0.1, 0.15) is 0 Å². The van der Waals surface area contributed by atoms with Crippen LogP contribution in [-0.4, -0.2) is 45.8 Å². The lowest BCUT2D eigenvalue weighted by Gasteiger charge is -2.12. The Hall–Kier alpha value is -2.30. The molecule has 1 fully saturated rings. The van der Waals surface area contributed by atoms with Crippen LogP contribution in [0.25, 0.3) is 6.08 Å². The number of amidine groups is 1. The molecule has 0 radical (unpaired) electrons. The molecule has 10 heteroatoms. The van der Waals surface area contributed by atoms with Crippen LogP contribution in [0.5, 0.6) is 11.5 Å². The Labute approximate surface area is 193 Å². The standard InChI is InChI=1S/C20H16Br2N2O5S/c1-3-24-18(26)14(9-11-8-13(29-2)17(25)16(22)15(11)21)30-20(24)23-12-6-4-10(5-7-12)19(27)28/h4-9,25H,3H2,1-2H3,(H,27,28)/b14-9-,23-20?. The molecule has 2 aromatic rings.